The fourth-order valence-electron chi connectivity index (χ4n) is 12.1. The lowest BCUT2D eigenvalue weighted by molar-refractivity contribution is 0.332. The largest absolute Gasteiger partial charge is 0.376 e. The van der Waals surface area contributed by atoms with Crippen molar-refractivity contribution in [3.8, 4) is 33.4 Å². The first-order valence-corrected chi connectivity index (χ1v) is 24.4. The number of anilines is 5. The Bertz CT molecular complexity index is 2960. The van der Waals surface area contributed by atoms with Crippen LogP contribution < -0.4 is 20.6 Å². The van der Waals surface area contributed by atoms with Crippen molar-refractivity contribution in [3.05, 3.63) is 173 Å². The van der Waals surface area contributed by atoms with Crippen molar-refractivity contribution in [2.75, 3.05) is 9.71 Å². The maximum absolute atomic E-state index is 2.74. The van der Waals surface area contributed by atoms with E-state index in [1.165, 1.54) is 132 Å². The van der Waals surface area contributed by atoms with Crippen LogP contribution in [0.15, 0.2) is 140 Å². The fraction of sp³-hybridized carbons (Fsp3) is 0.311. The van der Waals surface area contributed by atoms with Gasteiger partial charge in [0, 0.05) is 39.3 Å². The number of unbranched alkanes of at least 4 members (excludes halogenated alkanes) is 2. The highest BCUT2D eigenvalue weighted by Gasteiger charge is 2.49. The average Bonchev–Trinajstić information content (AvgIpc) is 3.53. The second-order valence-electron chi connectivity index (χ2n) is 21.3. The molecule has 0 spiro atoms. The van der Waals surface area contributed by atoms with Gasteiger partial charge in [0.2, 0.25) is 0 Å². The van der Waals surface area contributed by atoms with Gasteiger partial charge in [0.25, 0.3) is 0 Å². The summed E-state index contributed by atoms with van der Waals surface area (Å²) in [6, 6.07) is 54.8. The molecule has 4 aliphatic rings. The lowest BCUT2D eigenvalue weighted by Gasteiger charge is -2.48. The molecule has 0 N–H and O–H groups in total. The van der Waals surface area contributed by atoms with Crippen molar-refractivity contribution >= 4 is 46.2 Å². The number of hydrogen-bond donors (Lipinski definition) is 0. The fourth-order valence-corrected chi connectivity index (χ4v) is 12.1. The molecule has 0 fully saturated rings. The Morgan fingerprint density at radius 3 is 1.81 bits per heavy atom. The van der Waals surface area contributed by atoms with Crippen LogP contribution in [-0.4, -0.2) is 6.85 Å². The molecule has 320 valence electrons. The lowest BCUT2D eigenvalue weighted by Crippen LogP contribution is -2.62. The molecule has 0 bridgehead atoms. The van der Waals surface area contributed by atoms with Gasteiger partial charge in [-0.15, -0.1) is 0 Å². The van der Waals surface area contributed by atoms with Crippen LogP contribution in [0.1, 0.15) is 127 Å². The second kappa shape index (κ2) is 15.2. The predicted molar refractivity (Wildman–Crippen MR) is 276 cm³/mol. The van der Waals surface area contributed by atoms with E-state index >= 15 is 0 Å². The SMILES string of the molecule is CCCCc1ccc(N2c3cc4c(cc3B3c5c(cc(CCCC)cc52)-c2cc5c(cc2N3c2ccccc2)C(C)(C)CCC5(C)C)-c2ccccc2C4(C)C)c(-c2ccccc2)c1. The molecule has 11 rings (SSSR count). The summed E-state index contributed by atoms with van der Waals surface area (Å²) in [6.45, 7) is 19.4. The van der Waals surface area contributed by atoms with Gasteiger partial charge in [0.15, 0.2) is 0 Å². The van der Waals surface area contributed by atoms with Crippen molar-refractivity contribution < 1.29 is 0 Å². The zero-order valence-electron chi connectivity index (χ0n) is 39.4. The molecule has 64 heavy (non-hydrogen) atoms. The maximum atomic E-state index is 2.74. The Hall–Kier alpha value is -5.80. The van der Waals surface area contributed by atoms with Gasteiger partial charge in [-0.2, -0.15) is 0 Å². The zero-order chi connectivity index (χ0) is 44.1. The van der Waals surface area contributed by atoms with Crippen LogP contribution in [-0.2, 0) is 29.1 Å². The predicted octanol–water partition coefficient (Wildman–Crippen LogP) is 15.4. The van der Waals surface area contributed by atoms with Crippen LogP contribution in [0.2, 0.25) is 0 Å². The normalized spacial score (nSPS) is 16.7. The minimum Gasteiger partial charge on any atom is -0.376 e. The summed E-state index contributed by atoms with van der Waals surface area (Å²) in [6.07, 6.45) is 9.19. The third-order valence-electron chi connectivity index (χ3n) is 15.8. The summed E-state index contributed by atoms with van der Waals surface area (Å²) in [7, 11) is 0. The summed E-state index contributed by atoms with van der Waals surface area (Å²) in [4.78, 5) is 5.45. The van der Waals surface area contributed by atoms with E-state index in [2.05, 4.69) is 205 Å². The molecule has 7 aromatic rings. The molecular weight excluding hydrogens is 771 g/mol. The van der Waals surface area contributed by atoms with Crippen LogP contribution in [0, 0.1) is 0 Å². The van der Waals surface area contributed by atoms with E-state index in [0.29, 0.717) is 0 Å². The van der Waals surface area contributed by atoms with Crippen molar-refractivity contribution in [1.29, 1.82) is 0 Å². The van der Waals surface area contributed by atoms with Crippen molar-refractivity contribution in [3.63, 3.8) is 0 Å². The van der Waals surface area contributed by atoms with E-state index in [0.717, 1.165) is 25.7 Å². The Kier molecular flexibility index (Phi) is 9.69. The van der Waals surface area contributed by atoms with Crippen molar-refractivity contribution in [2.45, 2.75) is 123 Å². The van der Waals surface area contributed by atoms with E-state index in [1.807, 2.05) is 0 Å². The van der Waals surface area contributed by atoms with Crippen LogP contribution in [0.4, 0.5) is 28.4 Å². The Morgan fingerprint density at radius 2 is 1.09 bits per heavy atom. The highest BCUT2D eigenvalue weighted by molar-refractivity contribution is 6.93. The molecular formula is C61H63BN2. The highest BCUT2D eigenvalue weighted by atomic mass is 15.2. The van der Waals surface area contributed by atoms with Gasteiger partial charge in [-0.25, -0.2) is 0 Å². The van der Waals surface area contributed by atoms with E-state index in [9.17, 15) is 0 Å². The Labute approximate surface area is 383 Å². The molecule has 0 radical (unpaired) electrons. The topological polar surface area (TPSA) is 6.48 Å². The third-order valence-corrected chi connectivity index (χ3v) is 15.8. The smallest absolute Gasteiger partial charge is 0.333 e. The molecule has 0 aromatic heterocycles. The minimum absolute atomic E-state index is 0.0469. The number of rotatable bonds is 9. The maximum Gasteiger partial charge on any atom is 0.333 e. The molecule has 2 aliphatic carbocycles. The summed E-state index contributed by atoms with van der Waals surface area (Å²) < 4.78 is 0. The van der Waals surface area contributed by atoms with E-state index in [-0.39, 0.29) is 23.1 Å². The molecule has 0 saturated heterocycles. The van der Waals surface area contributed by atoms with Crippen LogP contribution in [0.5, 0.6) is 0 Å². The van der Waals surface area contributed by atoms with Crippen LogP contribution in [0.3, 0.4) is 0 Å². The summed E-state index contributed by atoms with van der Waals surface area (Å²) in [5.74, 6) is 0. The molecule has 0 amide bonds. The van der Waals surface area contributed by atoms with Crippen molar-refractivity contribution in [2.24, 2.45) is 0 Å². The van der Waals surface area contributed by atoms with Gasteiger partial charge in [-0.1, -0.05) is 159 Å². The molecule has 0 unspecified atom stereocenters. The van der Waals surface area contributed by atoms with Crippen LogP contribution >= 0.6 is 0 Å². The van der Waals surface area contributed by atoms with Gasteiger partial charge in [-0.3, -0.25) is 0 Å². The van der Waals surface area contributed by atoms with Gasteiger partial charge < -0.3 is 9.71 Å². The van der Waals surface area contributed by atoms with E-state index < -0.39 is 0 Å². The molecule has 0 saturated carbocycles. The lowest BCUT2D eigenvalue weighted by atomic mass is 9.43. The van der Waals surface area contributed by atoms with Crippen molar-refractivity contribution in [1.82, 2.24) is 0 Å². The van der Waals surface area contributed by atoms with Crippen LogP contribution in [0.25, 0.3) is 33.4 Å². The molecule has 2 aliphatic heterocycles. The van der Waals surface area contributed by atoms with E-state index in [4.69, 9.17) is 0 Å². The van der Waals surface area contributed by atoms with Gasteiger partial charge >= 0.3 is 6.85 Å². The number of aryl methyl sites for hydroxylation is 2. The van der Waals surface area contributed by atoms with E-state index in [1.54, 1.807) is 0 Å². The standard InChI is InChI=1S/C61H63BN2/c1-9-11-21-40-29-30-54(45(33-40)42-23-15-13-16-24-42)63-56-38-50-46(44-27-19-20-28-49(44)61(50,7)8)37-53(56)62-58-48(34-41(22-12-10-2)35-57(58)63)47-36-51-52(60(5,6)32-31-59(51,3)4)39-55(47)64(62)43-25-17-14-18-26-43/h13-20,23-30,33-39H,9-12,21-22,31-32H2,1-8H3. The number of nitrogens with zero attached hydrogens (tertiary/aromatic N) is 2. The van der Waals surface area contributed by atoms with Gasteiger partial charge in [0.05, 0.1) is 5.69 Å². The number of hydrogen-bond acceptors (Lipinski definition) is 2. The monoisotopic (exact) mass is 835 g/mol. The first kappa shape index (κ1) is 40.9. The minimum atomic E-state index is -0.150. The first-order valence-electron chi connectivity index (χ1n) is 24.4. The molecule has 2 nitrogen and oxygen atoms in total. The molecule has 2 heterocycles. The second-order valence-corrected chi connectivity index (χ2v) is 21.3. The quantitative estimate of drug-likeness (QED) is 0.134. The summed E-state index contributed by atoms with van der Waals surface area (Å²) >= 11 is 0. The number of benzene rings is 7. The molecule has 3 heteroatoms. The summed E-state index contributed by atoms with van der Waals surface area (Å²) in [5.41, 5.74) is 25.9. The average molecular weight is 835 g/mol. The van der Waals surface area contributed by atoms with Gasteiger partial charge in [-0.05, 0) is 164 Å². The Balaban J connectivity index is 1.29. The van der Waals surface area contributed by atoms with Gasteiger partial charge in [0.1, 0.15) is 0 Å². The zero-order valence-corrected chi connectivity index (χ0v) is 39.4. The number of para-hydroxylation sites is 1. The summed E-state index contributed by atoms with van der Waals surface area (Å²) in [5, 5.41) is 0. The third kappa shape index (κ3) is 6.28. The molecule has 7 aromatic carbocycles. The first-order chi connectivity index (χ1) is 30.9. The Morgan fingerprint density at radius 1 is 0.469 bits per heavy atom. The molecule has 0 atom stereocenters. The highest BCUT2D eigenvalue weighted by Crippen LogP contribution is 2.56. The number of fused-ring (bicyclic) bond motifs is 8.